The maximum atomic E-state index is 13.5. The number of halogens is 1. The van der Waals surface area contributed by atoms with E-state index in [4.69, 9.17) is 21.1 Å². The largest absolute Gasteiger partial charge is 0.454 e. The monoisotopic (exact) mass is 564 g/mol. The van der Waals surface area contributed by atoms with Crippen molar-refractivity contribution in [2.45, 2.75) is 24.2 Å². The molecular formula is C28H25ClN4O5S. The fraction of sp³-hybridized carbons (Fsp3) is 0.214. The van der Waals surface area contributed by atoms with Crippen molar-refractivity contribution in [2.24, 2.45) is 0 Å². The lowest BCUT2D eigenvalue weighted by molar-refractivity contribution is -0.112. The summed E-state index contributed by atoms with van der Waals surface area (Å²) in [4.78, 5) is 15.1. The molecule has 5 rings (SSSR count). The van der Waals surface area contributed by atoms with E-state index in [1.54, 1.807) is 54.6 Å². The van der Waals surface area contributed by atoms with Crippen LogP contribution in [-0.2, 0) is 14.8 Å². The topological polar surface area (TPSA) is 121 Å². The van der Waals surface area contributed by atoms with Crippen molar-refractivity contribution in [3.63, 3.8) is 0 Å². The van der Waals surface area contributed by atoms with Gasteiger partial charge in [0.15, 0.2) is 11.5 Å². The zero-order valence-corrected chi connectivity index (χ0v) is 22.4. The standard InChI is InChI=1S/C28H25ClN4O5S/c29-21-5-7-22(8-6-21)32-39(35,36)27-16-23(9-10-24(27)33-12-2-1-3-13-33)31-28(34)20(17-30)14-19-4-11-25-26(15-19)38-18-37-25/h4-11,14-16,32H,1-3,12-13,18H2,(H,31,34)/b20-14+. The third kappa shape index (κ3) is 6.11. The van der Waals surface area contributed by atoms with Gasteiger partial charge < -0.3 is 19.7 Å². The lowest BCUT2D eigenvalue weighted by Gasteiger charge is -2.30. The average Bonchev–Trinajstić information content (AvgIpc) is 3.41. The molecule has 0 radical (unpaired) electrons. The van der Waals surface area contributed by atoms with E-state index in [2.05, 4.69) is 10.0 Å². The Hall–Kier alpha value is -4.20. The zero-order chi connectivity index (χ0) is 27.4. The van der Waals surface area contributed by atoms with Crippen LogP contribution >= 0.6 is 11.6 Å². The molecule has 11 heteroatoms. The van der Waals surface area contributed by atoms with Gasteiger partial charge in [-0.15, -0.1) is 0 Å². The van der Waals surface area contributed by atoms with Crippen molar-refractivity contribution in [2.75, 3.05) is 34.8 Å². The fourth-order valence-electron chi connectivity index (χ4n) is 4.45. The molecule has 2 N–H and O–H groups in total. The number of carbonyl (C=O) groups is 1. The Bertz CT molecular complexity index is 1580. The molecule has 3 aromatic carbocycles. The molecule has 9 nitrogen and oxygen atoms in total. The maximum absolute atomic E-state index is 13.5. The second kappa shape index (κ2) is 11.3. The maximum Gasteiger partial charge on any atom is 0.266 e. The number of nitriles is 1. The van der Waals surface area contributed by atoms with Crippen molar-refractivity contribution >= 4 is 50.7 Å². The minimum absolute atomic E-state index is 0.0235. The number of piperidine rings is 1. The summed E-state index contributed by atoms with van der Waals surface area (Å²) in [6.45, 7) is 1.57. The second-order valence-corrected chi connectivity index (χ2v) is 11.2. The minimum Gasteiger partial charge on any atom is -0.454 e. The summed E-state index contributed by atoms with van der Waals surface area (Å²) in [6.07, 6.45) is 4.43. The van der Waals surface area contributed by atoms with Gasteiger partial charge in [0, 0.05) is 29.5 Å². The normalized spacial score (nSPS) is 15.0. The Morgan fingerprint density at radius 3 is 2.41 bits per heavy atom. The Kier molecular flexibility index (Phi) is 7.63. The fourth-order valence-corrected chi connectivity index (χ4v) is 5.88. The van der Waals surface area contributed by atoms with Gasteiger partial charge in [0.1, 0.15) is 16.5 Å². The number of carbonyl (C=O) groups excluding carboxylic acids is 1. The number of nitrogens with zero attached hydrogens (tertiary/aromatic N) is 2. The SMILES string of the molecule is N#C/C(=C\c1ccc2c(c1)OCO2)C(=O)Nc1ccc(N2CCCCC2)c(S(=O)(=O)Nc2ccc(Cl)cc2)c1. The number of benzene rings is 3. The molecular weight excluding hydrogens is 540 g/mol. The number of anilines is 3. The van der Waals surface area contributed by atoms with Crippen molar-refractivity contribution in [1.29, 1.82) is 5.26 Å². The summed E-state index contributed by atoms with van der Waals surface area (Å²) >= 11 is 5.95. The first-order valence-electron chi connectivity index (χ1n) is 12.3. The van der Waals surface area contributed by atoms with Crippen LogP contribution in [-0.4, -0.2) is 34.2 Å². The molecule has 0 atom stereocenters. The molecule has 39 heavy (non-hydrogen) atoms. The first kappa shape index (κ1) is 26.4. The van der Waals surface area contributed by atoms with Crippen LogP contribution in [0.3, 0.4) is 0 Å². The highest BCUT2D eigenvalue weighted by Crippen LogP contribution is 2.34. The third-order valence-electron chi connectivity index (χ3n) is 6.37. The number of nitrogens with one attached hydrogen (secondary N) is 2. The Labute approximate surface area is 231 Å². The summed E-state index contributed by atoms with van der Waals surface area (Å²) in [7, 11) is -4.04. The predicted molar refractivity (Wildman–Crippen MR) is 150 cm³/mol. The van der Waals surface area contributed by atoms with Gasteiger partial charge in [-0.1, -0.05) is 17.7 Å². The van der Waals surface area contributed by atoms with E-state index >= 15 is 0 Å². The smallest absolute Gasteiger partial charge is 0.266 e. The van der Waals surface area contributed by atoms with Crippen LogP contribution in [0.25, 0.3) is 6.08 Å². The van der Waals surface area contributed by atoms with Crippen LogP contribution in [0.1, 0.15) is 24.8 Å². The molecule has 1 amide bonds. The Balaban J connectivity index is 1.44. The number of hydrogen-bond donors (Lipinski definition) is 2. The molecule has 0 bridgehead atoms. The molecule has 3 aromatic rings. The second-order valence-electron chi connectivity index (χ2n) is 9.08. The quantitative estimate of drug-likeness (QED) is 0.291. The number of rotatable bonds is 7. The van der Waals surface area contributed by atoms with Gasteiger partial charge in [0.05, 0.1) is 5.69 Å². The highest BCUT2D eigenvalue weighted by molar-refractivity contribution is 7.92. The molecule has 0 aliphatic carbocycles. The summed E-state index contributed by atoms with van der Waals surface area (Å²) in [5, 5.41) is 12.8. The van der Waals surface area contributed by atoms with E-state index in [1.807, 2.05) is 11.0 Å². The van der Waals surface area contributed by atoms with Crippen molar-refractivity contribution in [3.8, 4) is 17.6 Å². The highest BCUT2D eigenvalue weighted by atomic mass is 35.5. The molecule has 2 aliphatic heterocycles. The van der Waals surface area contributed by atoms with E-state index in [1.165, 1.54) is 12.1 Å². The molecule has 0 unspecified atom stereocenters. The molecule has 1 saturated heterocycles. The molecule has 1 fully saturated rings. The van der Waals surface area contributed by atoms with E-state index < -0.39 is 15.9 Å². The minimum atomic E-state index is -4.04. The lowest BCUT2D eigenvalue weighted by Crippen LogP contribution is -2.31. The van der Waals surface area contributed by atoms with E-state index in [-0.39, 0.29) is 22.9 Å². The Morgan fingerprint density at radius 1 is 0.949 bits per heavy atom. The van der Waals surface area contributed by atoms with Crippen LogP contribution in [0.15, 0.2) is 71.1 Å². The predicted octanol–water partition coefficient (Wildman–Crippen LogP) is 5.41. The molecule has 2 heterocycles. The van der Waals surface area contributed by atoms with E-state index in [0.717, 1.165) is 32.4 Å². The molecule has 200 valence electrons. The summed E-state index contributed by atoms with van der Waals surface area (Å²) < 4.78 is 40.3. The van der Waals surface area contributed by atoms with Gasteiger partial charge >= 0.3 is 0 Å². The molecule has 2 aliphatic rings. The van der Waals surface area contributed by atoms with E-state index in [0.29, 0.717) is 33.5 Å². The van der Waals surface area contributed by atoms with Gasteiger partial charge in [-0.25, -0.2) is 8.42 Å². The van der Waals surface area contributed by atoms with Crippen LogP contribution in [0, 0.1) is 11.3 Å². The van der Waals surface area contributed by atoms with Crippen LogP contribution in [0.5, 0.6) is 11.5 Å². The first-order chi connectivity index (χ1) is 18.8. The summed E-state index contributed by atoms with van der Waals surface area (Å²) in [6, 6.07) is 18.1. The molecule has 0 aromatic heterocycles. The van der Waals surface area contributed by atoms with Crippen molar-refractivity contribution in [3.05, 3.63) is 76.8 Å². The van der Waals surface area contributed by atoms with Crippen molar-refractivity contribution < 1.29 is 22.7 Å². The van der Waals surface area contributed by atoms with E-state index in [9.17, 15) is 18.5 Å². The average molecular weight is 565 g/mol. The number of sulfonamides is 1. The number of hydrogen-bond acceptors (Lipinski definition) is 7. The van der Waals surface area contributed by atoms with Gasteiger partial charge in [-0.2, -0.15) is 5.26 Å². The van der Waals surface area contributed by atoms with Crippen molar-refractivity contribution in [1.82, 2.24) is 0 Å². The Morgan fingerprint density at radius 2 is 1.67 bits per heavy atom. The summed E-state index contributed by atoms with van der Waals surface area (Å²) in [5.74, 6) is 0.442. The zero-order valence-electron chi connectivity index (χ0n) is 20.8. The van der Waals surface area contributed by atoms with Gasteiger partial charge in [-0.05, 0) is 85.5 Å². The third-order valence-corrected chi connectivity index (χ3v) is 8.04. The lowest BCUT2D eigenvalue weighted by atomic mass is 10.1. The number of ether oxygens (including phenoxy) is 2. The summed E-state index contributed by atoms with van der Waals surface area (Å²) in [5.41, 5.74) is 1.58. The molecule has 0 spiro atoms. The van der Waals surface area contributed by atoms with Crippen LogP contribution in [0.2, 0.25) is 5.02 Å². The van der Waals surface area contributed by atoms with Gasteiger partial charge in [0.25, 0.3) is 15.9 Å². The van der Waals surface area contributed by atoms with Crippen LogP contribution in [0.4, 0.5) is 17.1 Å². The first-order valence-corrected chi connectivity index (χ1v) is 14.2. The number of fused-ring (bicyclic) bond motifs is 1. The van der Waals surface area contributed by atoms with Crippen LogP contribution < -0.4 is 24.4 Å². The molecule has 0 saturated carbocycles. The highest BCUT2D eigenvalue weighted by Gasteiger charge is 2.25. The van der Waals surface area contributed by atoms with Gasteiger partial charge in [0.2, 0.25) is 6.79 Å². The van der Waals surface area contributed by atoms with Gasteiger partial charge in [-0.3, -0.25) is 9.52 Å². The number of amides is 1.